The third kappa shape index (κ3) is 3.71. The Morgan fingerprint density at radius 1 is 1.33 bits per heavy atom. The summed E-state index contributed by atoms with van der Waals surface area (Å²) in [7, 11) is 2.09. The molecular weight excluding hydrogens is 328 g/mol. The highest BCUT2D eigenvalue weighted by Gasteiger charge is 2.27. The molecule has 0 amide bonds. The highest BCUT2D eigenvalue weighted by molar-refractivity contribution is 5.85. The van der Waals surface area contributed by atoms with Gasteiger partial charge in [-0.05, 0) is 37.9 Å². The monoisotopic (exact) mass is 350 g/mol. The van der Waals surface area contributed by atoms with Crippen molar-refractivity contribution in [3.8, 4) is 17.2 Å². The summed E-state index contributed by atoms with van der Waals surface area (Å²) in [6.45, 7) is 3.59. The van der Waals surface area contributed by atoms with Crippen molar-refractivity contribution in [2.75, 3.05) is 33.3 Å². The van der Waals surface area contributed by atoms with Gasteiger partial charge in [-0.15, -0.1) is 12.4 Å². The summed E-state index contributed by atoms with van der Waals surface area (Å²) in [5.41, 5.74) is 0.873. The van der Waals surface area contributed by atoms with Crippen molar-refractivity contribution in [1.29, 1.82) is 0 Å². The molecule has 1 aliphatic heterocycles. The van der Waals surface area contributed by atoms with Gasteiger partial charge in [0.25, 0.3) is 5.89 Å². The second-order valence-corrected chi connectivity index (χ2v) is 6.41. The fourth-order valence-corrected chi connectivity index (χ4v) is 2.84. The molecule has 1 N–H and O–H groups in total. The van der Waals surface area contributed by atoms with Crippen molar-refractivity contribution in [2.24, 2.45) is 5.92 Å². The van der Waals surface area contributed by atoms with Gasteiger partial charge in [-0.25, -0.2) is 0 Å². The first-order valence-corrected chi connectivity index (χ1v) is 8.28. The Kier molecular flexibility index (Phi) is 5.38. The molecule has 1 saturated heterocycles. The molecule has 0 radical (unpaired) electrons. The Bertz CT molecular complexity index is 674. The van der Waals surface area contributed by atoms with E-state index in [1.165, 1.54) is 12.8 Å². The van der Waals surface area contributed by atoms with Gasteiger partial charge < -0.3 is 14.6 Å². The first-order chi connectivity index (χ1) is 11.3. The van der Waals surface area contributed by atoms with Crippen molar-refractivity contribution < 1.29 is 9.26 Å². The normalized spacial score (nSPS) is 21.3. The Balaban J connectivity index is 0.00000169. The van der Waals surface area contributed by atoms with E-state index in [9.17, 15) is 0 Å². The Labute approximate surface area is 148 Å². The molecule has 24 heavy (non-hydrogen) atoms. The van der Waals surface area contributed by atoms with Gasteiger partial charge in [-0.2, -0.15) is 4.98 Å². The van der Waals surface area contributed by atoms with E-state index in [1.807, 2.05) is 24.3 Å². The van der Waals surface area contributed by atoms with Crippen molar-refractivity contribution in [3.63, 3.8) is 0 Å². The van der Waals surface area contributed by atoms with Crippen LogP contribution < -0.4 is 10.1 Å². The zero-order valence-corrected chi connectivity index (χ0v) is 14.6. The topological polar surface area (TPSA) is 63.4 Å². The zero-order valence-electron chi connectivity index (χ0n) is 13.8. The standard InChI is InChI=1S/C17H22N4O2.ClH/c1-21-9-8-18-10-14(21)16-19-17(23-20-16)13-4-2-3-5-15(13)22-11-12-6-7-12;/h2-5,12,14,18H,6-11H2,1H3;1H. The van der Waals surface area contributed by atoms with Crippen molar-refractivity contribution in [3.05, 3.63) is 30.1 Å². The molecule has 2 aliphatic rings. The Morgan fingerprint density at radius 2 is 2.17 bits per heavy atom. The molecule has 1 unspecified atom stereocenters. The maximum atomic E-state index is 5.94. The van der Waals surface area contributed by atoms with E-state index in [0.29, 0.717) is 11.8 Å². The van der Waals surface area contributed by atoms with E-state index in [0.717, 1.165) is 43.4 Å². The third-order valence-electron chi connectivity index (χ3n) is 4.54. The molecule has 1 aromatic carbocycles. The maximum absolute atomic E-state index is 5.94. The molecule has 1 aromatic heterocycles. The minimum Gasteiger partial charge on any atom is -0.492 e. The van der Waals surface area contributed by atoms with Crippen LogP contribution in [0.3, 0.4) is 0 Å². The number of benzene rings is 1. The minimum atomic E-state index is 0. The van der Waals surface area contributed by atoms with Crippen LogP contribution in [-0.4, -0.2) is 48.3 Å². The van der Waals surface area contributed by atoms with Gasteiger partial charge in [0.05, 0.1) is 18.2 Å². The summed E-state index contributed by atoms with van der Waals surface area (Å²) in [5.74, 6) is 2.80. The summed E-state index contributed by atoms with van der Waals surface area (Å²) < 4.78 is 11.5. The molecule has 1 aliphatic carbocycles. The largest absolute Gasteiger partial charge is 0.492 e. The smallest absolute Gasteiger partial charge is 0.261 e. The van der Waals surface area contributed by atoms with Gasteiger partial charge in [0, 0.05) is 19.6 Å². The molecule has 4 rings (SSSR count). The lowest BCUT2D eigenvalue weighted by molar-refractivity contribution is 0.190. The van der Waals surface area contributed by atoms with Crippen LogP contribution in [0.1, 0.15) is 24.7 Å². The molecule has 2 aromatic rings. The predicted octanol–water partition coefficient (Wildman–Crippen LogP) is 2.52. The summed E-state index contributed by atoms with van der Waals surface area (Å²) in [6, 6.07) is 8.04. The predicted molar refractivity (Wildman–Crippen MR) is 93.4 cm³/mol. The van der Waals surface area contributed by atoms with E-state index >= 15 is 0 Å². The Hall–Kier alpha value is -1.63. The van der Waals surface area contributed by atoms with Crippen molar-refractivity contribution in [1.82, 2.24) is 20.4 Å². The number of halogens is 1. The minimum absolute atomic E-state index is 0. The van der Waals surface area contributed by atoms with Crippen LogP contribution in [0.2, 0.25) is 0 Å². The highest BCUT2D eigenvalue weighted by atomic mass is 35.5. The molecule has 0 spiro atoms. The maximum Gasteiger partial charge on any atom is 0.261 e. The second-order valence-electron chi connectivity index (χ2n) is 6.41. The molecule has 2 heterocycles. The number of nitrogens with one attached hydrogen (secondary N) is 1. The van der Waals surface area contributed by atoms with Crippen molar-refractivity contribution in [2.45, 2.75) is 18.9 Å². The average molecular weight is 351 g/mol. The summed E-state index contributed by atoms with van der Waals surface area (Å²) in [6.07, 6.45) is 2.54. The van der Waals surface area contributed by atoms with Gasteiger partial charge in [0.1, 0.15) is 5.75 Å². The lowest BCUT2D eigenvalue weighted by Gasteiger charge is -2.30. The number of likely N-dealkylation sites (N-methyl/N-ethyl adjacent to an activating group) is 1. The number of nitrogens with zero attached hydrogens (tertiary/aromatic N) is 3. The average Bonchev–Trinajstić information content (AvgIpc) is 3.29. The number of hydrogen-bond donors (Lipinski definition) is 1. The second kappa shape index (κ2) is 7.51. The fraction of sp³-hybridized carbons (Fsp3) is 0.529. The Morgan fingerprint density at radius 3 is 2.96 bits per heavy atom. The van der Waals surface area contributed by atoms with E-state index in [1.54, 1.807) is 0 Å². The molecular formula is C17H23ClN4O2. The number of rotatable bonds is 5. The molecule has 7 heteroatoms. The van der Waals surface area contributed by atoms with Crippen LogP contribution in [0.15, 0.2) is 28.8 Å². The van der Waals surface area contributed by atoms with Crippen LogP contribution in [-0.2, 0) is 0 Å². The lowest BCUT2D eigenvalue weighted by Crippen LogP contribution is -2.44. The summed E-state index contributed by atoms with van der Waals surface area (Å²) >= 11 is 0. The van der Waals surface area contributed by atoms with Gasteiger partial charge in [0.2, 0.25) is 0 Å². The van der Waals surface area contributed by atoms with E-state index < -0.39 is 0 Å². The molecule has 130 valence electrons. The van der Waals surface area contributed by atoms with E-state index in [-0.39, 0.29) is 18.4 Å². The molecule has 1 atom stereocenters. The lowest BCUT2D eigenvalue weighted by atomic mass is 10.2. The van der Waals surface area contributed by atoms with Crippen LogP contribution >= 0.6 is 12.4 Å². The van der Waals surface area contributed by atoms with Gasteiger partial charge in [0.15, 0.2) is 5.82 Å². The van der Waals surface area contributed by atoms with Crippen LogP contribution in [0.4, 0.5) is 0 Å². The molecule has 2 fully saturated rings. The number of aromatic nitrogens is 2. The van der Waals surface area contributed by atoms with Crippen LogP contribution in [0, 0.1) is 5.92 Å². The third-order valence-corrected chi connectivity index (χ3v) is 4.54. The number of para-hydroxylation sites is 1. The quantitative estimate of drug-likeness (QED) is 0.894. The molecule has 6 nitrogen and oxygen atoms in total. The van der Waals surface area contributed by atoms with Gasteiger partial charge >= 0.3 is 0 Å². The van der Waals surface area contributed by atoms with Crippen LogP contribution in [0.5, 0.6) is 5.75 Å². The number of piperazine rings is 1. The molecule has 0 bridgehead atoms. The molecule has 1 saturated carbocycles. The first kappa shape index (κ1) is 17.2. The summed E-state index contributed by atoms with van der Waals surface area (Å²) in [4.78, 5) is 6.87. The van der Waals surface area contributed by atoms with E-state index in [4.69, 9.17) is 9.26 Å². The number of hydrogen-bond acceptors (Lipinski definition) is 6. The SMILES string of the molecule is CN1CCNCC1c1noc(-c2ccccc2OCC2CC2)n1.Cl. The first-order valence-electron chi connectivity index (χ1n) is 8.28. The van der Waals surface area contributed by atoms with Gasteiger partial charge in [-0.3, -0.25) is 4.90 Å². The zero-order chi connectivity index (χ0) is 15.6. The van der Waals surface area contributed by atoms with Gasteiger partial charge in [-0.1, -0.05) is 17.3 Å². The summed E-state index contributed by atoms with van der Waals surface area (Å²) in [5, 5.41) is 7.57. The van der Waals surface area contributed by atoms with Crippen LogP contribution in [0.25, 0.3) is 11.5 Å². The highest BCUT2D eigenvalue weighted by Crippen LogP contribution is 2.33. The number of ether oxygens (including phenoxy) is 1. The van der Waals surface area contributed by atoms with Crippen molar-refractivity contribution >= 4 is 12.4 Å². The van der Waals surface area contributed by atoms with E-state index in [2.05, 4.69) is 27.4 Å². The fourth-order valence-electron chi connectivity index (χ4n) is 2.84.